The number of amides is 1. The summed E-state index contributed by atoms with van der Waals surface area (Å²) >= 11 is 0. The molecule has 0 aromatic heterocycles. The van der Waals surface area contributed by atoms with Gasteiger partial charge in [0.2, 0.25) is 5.91 Å². The maximum Gasteiger partial charge on any atom is 0.303 e. The third kappa shape index (κ3) is 9.46. The zero-order valence-electron chi connectivity index (χ0n) is 12.1. The number of rotatable bonds is 12. The van der Waals surface area contributed by atoms with Gasteiger partial charge in [-0.25, -0.2) is 0 Å². The smallest absolute Gasteiger partial charge is 0.303 e. The number of nitrogens with zero attached hydrogens (tertiary/aromatic N) is 1. The molecule has 0 spiro atoms. The predicted molar refractivity (Wildman–Crippen MR) is 71.4 cm³/mol. The molecule has 20 heavy (non-hydrogen) atoms. The SMILES string of the molecule is COCCN(CCOC)C(=O)CC(=O)CCCC(=O)O. The van der Waals surface area contributed by atoms with E-state index in [0.717, 1.165) is 0 Å². The highest BCUT2D eigenvalue weighted by molar-refractivity contribution is 5.98. The van der Waals surface area contributed by atoms with Gasteiger partial charge in [0, 0.05) is 40.2 Å². The fraction of sp³-hybridized carbons (Fsp3) is 0.769. The van der Waals surface area contributed by atoms with E-state index in [2.05, 4.69) is 0 Å². The standard InChI is InChI=1S/C13H23NO6/c1-19-8-6-14(7-9-20-2)12(16)10-11(15)4-3-5-13(17)18/h3-10H2,1-2H3,(H,17,18). The number of hydrogen-bond acceptors (Lipinski definition) is 5. The molecule has 1 N–H and O–H groups in total. The van der Waals surface area contributed by atoms with E-state index in [1.54, 1.807) is 0 Å². The van der Waals surface area contributed by atoms with Crippen molar-refractivity contribution in [1.82, 2.24) is 4.90 Å². The molecule has 0 aliphatic heterocycles. The van der Waals surface area contributed by atoms with Crippen LogP contribution >= 0.6 is 0 Å². The first-order valence-corrected chi connectivity index (χ1v) is 6.50. The summed E-state index contributed by atoms with van der Waals surface area (Å²) in [5, 5.41) is 8.48. The first-order chi connectivity index (χ1) is 9.51. The number of carboxylic acids is 1. The maximum atomic E-state index is 11.9. The molecule has 1 amide bonds. The number of aliphatic carboxylic acids is 1. The van der Waals surface area contributed by atoms with Crippen LogP contribution < -0.4 is 0 Å². The molecule has 116 valence electrons. The molecule has 0 heterocycles. The Kier molecular flexibility index (Phi) is 10.5. The monoisotopic (exact) mass is 289 g/mol. The molecule has 0 fully saturated rings. The van der Waals surface area contributed by atoms with Gasteiger partial charge in [0.25, 0.3) is 0 Å². The van der Waals surface area contributed by atoms with Gasteiger partial charge in [0.05, 0.1) is 19.6 Å². The normalized spacial score (nSPS) is 10.3. The van der Waals surface area contributed by atoms with Crippen molar-refractivity contribution in [2.45, 2.75) is 25.7 Å². The van der Waals surface area contributed by atoms with Crippen LogP contribution in [-0.4, -0.2) is 68.2 Å². The summed E-state index contributed by atoms with van der Waals surface area (Å²) in [5.41, 5.74) is 0. The van der Waals surface area contributed by atoms with Gasteiger partial charge in [-0.15, -0.1) is 0 Å². The predicted octanol–water partition coefficient (Wildman–Crippen LogP) is 0.322. The van der Waals surface area contributed by atoms with Crippen molar-refractivity contribution in [1.29, 1.82) is 0 Å². The van der Waals surface area contributed by atoms with Crippen molar-refractivity contribution in [3.05, 3.63) is 0 Å². The van der Waals surface area contributed by atoms with Crippen LogP contribution in [0.3, 0.4) is 0 Å². The van der Waals surface area contributed by atoms with E-state index in [0.29, 0.717) is 26.3 Å². The van der Waals surface area contributed by atoms with Crippen LogP contribution in [0, 0.1) is 0 Å². The Morgan fingerprint density at radius 1 is 1.00 bits per heavy atom. The summed E-state index contributed by atoms with van der Waals surface area (Å²) in [6.07, 6.45) is 0.113. The van der Waals surface area contributed by atoms with Crippen LogP contribution in [0.15, 0.2) is 0 Å². The van der Waals surface area contributed by atoms with Crippen molar-refractivity contribution >= 4 is 17.7 Å². The van der Waals surface area contributed by atoms with Gasteiger partial charge in [-0.2, -0.15) is 0 Å². The van der Waals surface area contributed by atoms with Gasteiger partial charge in [-0.1, -0.05) is 0 Å². The minimum atomic E-state index is -0.939. The number of carbonyl (C=O) groups is 3. The van der Waals surface area contributed by atoms with E-state index < -0.39 is 5.97 Å². The molecule has 0 aromatic rings. The fourth-order valence-corrected chi connectivity index (χ4v) is 1.57. The summed E-state index contributed by atoms with van der Waals surface area (Å²) in [5.74, 6) is -1.46. The molecule has 0 saturated carbocycles. The molecule has 0 bridgehead atoms. The molecule has 0 rings (SSSR count). The molecule has 0 aromatic carbocycles. The van der Waals surface area contributed by atoms with Crippen LogP contribution in [-0.2, 0) is 23.9 Å². The lowest BCUT2D eigenvalue weighted by Gasteiger charge is -2.21. The second-order valence-corrected chi connectivity index (χ2v) is 4.33. The molecule has 0 aliphatic carbocycles. The zero-order chi connectivity index (χ0) is 15.4. The number of hydrogen-bond donors (Lipinski definition) is 1. The Labute approximate surface area is 118 Å². The lowest BCUT2D eigenvalue weighted by molar-refractivity contribution is -0.137. The van der Waals surface area contributed by atoms with Gasteiger partial charge in [-0.05, 0) is 6.42 Å². The highest BCUT2D eigenvalue weighted by atomic mass is 16.5. The van der Waals surface area contributed by atoms with Gasteiger partial charge in [-0.3, -0.25) is 14.4 Å². The van der Waals surface area contributed by atoms with Crippen molar-refractivity contribution in [3.63, 3.8) is 0 Å². The van der Waals surface area contributed by atoms with E-state index >= 15 is 0 Å². The van der Waals surface area contributed by atoms with Crippen molar-refractivity contribution in [2.24, 2.45) is 0 Å². The van der Waals surface area contributed by atoms with Crippen LogP contribution in [0.5, 0.6) is 0 Å². The molecular weight excluding hydrogens is 266 g/mol. The summed E-state index contributed by atoms with van der Waals surface area (Å²) < 4.78 is 9.83. The summed E-state index contributed by atoms with van der Waals surface area (Å²) in [7, 11) is 3.08. The van der Waals surface area contributed by atoms with Gasteiger partial charge >= 0.3 is 5.97 Å². The van der Waals surface area contributed by atoms with E-state index in [1.165, 1.54) is 19.1 Å². The van der Waals surface area contributed by atoms with Gasteiger partial charge in [0.1, 0.15) is 5.78 Å². The summed E-state index contributed by atoms with van der Waals surface area (Å²) in [6.45, 7) is 1.59. The van der Waals surface area contributed by atoms with Crippen molar-refractivity contribution in [2.75, 3.05) is 40.5 Å². The Hall–Kier alpha value is -1.47. The van der Waals surface area contributed by atoms with Gasteiger partial charge in [0.15, 0.2) is 0 Å². The molecule has 0 atom stereocenters. The third-order valence-electron chi connectivity index (χ3n) is 2.68. The number of ketones is 1. The Bertz CT molecular complexity index is 310. The quantitative estimate of drug-likeness (QED) is 0.520. The molecular formula is C13H23NO6. The summed E-state index contributed by atoms with van der Waals surface area (Å²) in [4.78, 5) is 35.4. The molecule has 0 unspecified atom stereocenters. The first-order valence-electron chi connectivity index (χ1n) is 6.50. The lowest BCUT2D eigenvalue weighted by atomic mass is 10.1. The number of Topliss-reactive ketones (excluding diaryl/α,β-unsaturated/α-hetero) is 1. The van der Waals surface area contributed by atoms with Crippen LogP contribution in [0.4, 0.5) is 0 Å². The van der Waals surface area contributed by atoms with Crippen molar-refractivity contribution in [3.8, 4) is 0 Å². The average Bonchev–Trinajstić information content (AvgIpc) is 2.38. The van der Waals surface area contributed by atoms with E-state index in [1.807, 2.05) is 0 Å². The highest BCUT2D eigenvalue weighted by Crippen LogP contribution is 2.03. The summed E-state index contributed by atoms with van der Waals surface area (Å²) in [6, 6.07) is 0. The van der Waals surface area contributed by atoms with Crippen LogP contribution in [0.25, 0.3) is 0 Å². The third-order valence-corrected chi connectivity index (χ3v) is 2.68. The Morgan fingerprint density at radius 2 is 1.55 bits per heavy atom. The minimum absolute atomic E-state index is 0.0585. The number of carboxylic acid groups (broad SMARTS) is 1. The van der Waals surface area contributed by atoms with E-state index in [9.17, 15) is 14.4 Å². The maximum absolute atomic E-state index is 11.9. The minimum Gasteiger partial charge on any atom is -0.481 e. The topological polar surface area (TPSA) is 93.1 Å². The Morgan fingerprint density at radius 3 is 2.00 bits per heavy atom. The first kappa shape index (κ1) is 18.5. The number of carbonyl (C=O) groups excluding carboxylic acids is 2. The second-order valence-electron chi connectivity index (χ2n) is 4.33. The molecule has 0 radical (unpaired) electrons. The zero-order valence-corrected chi connectivity index (χ0v) is 12.1. The molecule has 0 saturated heterocycles. The van der Waals surface area contributed by atoms with Crippen molar-refractivity contribution < 1.29 is 29.0 Å². The van der Waals surface area contributed by atoms with Crippen LogP contribution in [0.2, 0.25) is 0 Å². The number of methoxy groups -OCH3 is 2. The molecule has 0 aliphatic rings. The molecule has 7 nitrogen and oxygen atoms in total. The average molecular weight is 289 g/mol. The highest BCUT2D eigenvalue weighted by Gasteiger charge is 2.17. The largest absolute Gasteiger partial charge is 0.481 e. The van der Waals surface area contributed by atoms with Gasteiger partial charge < -0.3 is 19.5 Å². The fourth-order valence-electron chi connectivity index (χ4n) is 1.57. The molecule has 7 heteroatoms. The van der Waals surface area contributed by atoms with E-state index in [4.69, 9.17) is 14.6 Å². The number of ether oxygens (including phenoxy) is 2. The van der Waals surface area contributed by atoms with Crippen LogP contribution in [0.1, 0.15) is 25.7 Å². The Balaban J connectivity index is 4.14. The second kappa shape index (κ2) is 11.4. The lowest BCUT2D eigenvalue weighted by Crippen LogP contribution is -2.37. The van der Waals surface area contributed by atoms with E-state index in [-0.39, 0.29) is 37.4 Å².